The number of hydrogen-bond acceptors (Lipinski definition) is 4. The zero-order chi connectivity index (χ0) is 14.7. The maximum atomic E-state index is 12.5. The number of aromatic nitrogens is 2. The smallest absolute Gasteiger partial charge is 0.270 e. The number of carbonyl (C=O) groups is 1. The Kier molecular flexibility index (Phi) is 2.67. The molecule has 1 heterocycles. The highest BCUT2D eigenvalue weighted by molar-refractivity contribution is 5.92. The average molecular weight is 286 g/mol. The summed E-state index contributed by atoms with van der Waals surface area (Å²) >= 11 is 0. The quantitative estimate of drug-likeness (QED) is 0.864. The molecule has 4 aliphatic carbocycles. The van der Waals surface area contributed by atoms with Gasteiger partial charge < -0.3 is 11.1 Å². The van der Waals surface area contributed by atoms with Crippen LogP contribution in [0.15, 0.2) is 12.3 Å². The number of nitrogens with two attached hydrogens (primary N) is 1. The Morgan fingerprint density at radius 3 is 2.67 bits per heavy atom. The number of aryl methyl sites for hydroxylation is 1. The minimum absolute atomic E-state index is 0.0566. The van der Waals surface area contributed by atoms with Gasteiger partial charge in [0.1, 0.15) is 11.5 Å². The molecule has 5 nitrogen and oxygen atoms in total. The van der Waals surface area contributed by atoms with E-state index < -0.39 is 0 Å². The highest BCUT2D eigenvalue weighted by Gasteiger charge is 2.56. The maximum Gasteiger partial charge on any atom is 0.270 e. The Morgan fingerprint density at radius 2 is 2.05 bits per heavy atom. The molecule has 0 radical (unpaired) electrons. The van der Waals surface area contributed by atoms with Crippen molar-refractivity contribution >= 4 is 5.91 Å². The zero-order valence-corrected chi connectivity index (χ0v) is 12.4. The van der Waals surface area contributed by atoms with Gasteiger partial charge in [0.15, 0.2) is 0 Å². The predicted octanol–water partition coefficient (Wildman–Crippen LogP) is 1.56. The Hall–Kier alpha value is -1.49. The minimum Gasteiger partial charge on any atom is -0.345 e. The second-order valence-corrected chi connectivity index (χ2v) is 7.55. The first-order valence-electron chi connectivity index (χ1n) is 7.86. The molecule has 4 bridgehead atoms. The van der Waals surface area contributed by atoms with E-state index in [9.17, 15) is 4.79 Å². The van der Waals surface area contributed by atoms with Crippen molar-refractivity contribution in [2.24, 2.45) is 17.6 Å². The molecule has 1 aromatic rings. The van der Waals surface area contributed by atoms with Crippen molar-refractivity contribution in [3.63, 3.8) is 0 Å². The van der Waals surface area contributed by atoms with Gasteiger partial charge in [-0.3, -0.25) is 4.79 Å². The maximum absolute atomic E-state index is 12.5. The molecule has 0 aromatic carbocycles. The Bertz CT molecular complexity index is 586. The van der Waals surface area contributed by atoms with Crippen LogP contribution in [0.5, 0.6) is 0 Å². The van der Waals surface area contributed by atoms with Gasteiger partial charge in [0.05, 0.1) is 0 Å². The van der Waals surface area contributed by atoms with E-state index in [-0.39, 0.29) is 17.0 Å². The summed E-state index contributed by atoms with van der Waals surface area (Å²) in [4.78, 5) is 20.8. The second kappa shape index (κ2) is 4.26. The van der Waals surface area contributed by atoms with Crippen LogP contribution in [0.4, 0.5) is 0 Å². The topological polar surface area (TPSA) is 80.9 Å². The minimum atomic E-state index is -0.102. The molecule has 0 aliphatic heterocycles. The van der Waals surface area contributed by atoms with E-state index in [1.807, 2.05) is 0 Å². The largest absolute Gasteiger partial charge is 0.345 e. The van der Waals surface area contributed by atoms with Crippen molar-refractivity contribution in [2.45, 2.75) is 56.5 Å². The molecular formula is C16H22N4O. The lowest BCUT2D eigenvalue weighted by atomic mass is 9.50. The molecule has 4 fully saturated rings. The zero-order valence-electron chi connectivity index (χ0n) is 12.4. The van der Waals surface area contributed by atoms with E-state index in [4.69, 9.17) is 5.73 Å². The monoisotopic (exact) mass is 286 g/mol. The third-order valence-electron chi connectivity index (χ3n) is 5.49. The van der Waals surface area contributed by atoms with Gasteiger partial charge in [-0.1, -0.05) is 0 Å². The van der Waals surface area contributed by atoms with Crippen molar-refractivity contribution in [1.29, 1.82) is 0 Å². The van der Waals surface area contributed by atoms with Crippen LogP contribution >= 0.6 is 0 Å². The summed E-state index contributed by atoms with van der Waals surface area (Å²) in [5.74, 6) is 1.92. The molecule has 0 saturated heterocycles. The van der Waals surface area contributed by atoms with E-state index in [2.05, 4.69) is 15.3 Å². The molecule has 2 atom stereocenters. The fourth-order valence-electron chi connectivity index (χ4n) is 5.37. The van der Waals surface area contributed by atoms with Gasteiger partial charge in [0.25, 0.3) is 5.91 Å². The lowest BCUT2D eigenvalue weighted by Gasteiger charge is -2.61. The number of amides is 1. The van der Waals surface area contributed by atoms with Gasteiger partial charge >= 0.3 is 0 Å². The van der Waals surface area contributed by atoms with Crippen LogP contribution in [0.2, 0.25) is 0 Å². The molecule has 3 N–H and O–H groups in total. The third-order valence-corrected chi connectivity index (χ3v) is 5.49. The van der Waals surface area contributed by atoms with Gasteiger partial charge in [-0.2, -0.15) is 0 Å². The molecule has 5 rings (SSSR count). The highest BCUT2D eigenvalue weighted by atomic mass is 16.2. The standard InChI is InChI=1S/C16H22N4O/c1-10-18-3-2-13(19-10)14(21)20-16-7-11-4-12(8-16)6-15(17,5-11)9-16/h2-3,11-12H,4-9,17H2,1H3,(H,20,21). The average Bonchev–Trinajstić information content (AvgIpc) is 2.34. The van der Waals surface area contributed by atoms with Crippen molar-refractivity contribution < 1.29 is 4.79 Å². The summed E-state index contributed by atoms with van der Waals surface area (Å²) in [6.07, 6.45) is 8.28. The predicted molar refractivity (Wildman–Crippen MR) is 78.6 cm³/mol. The van der Waals surface area contributed by atoms with Crippen molar-refractivity contribution in [1.82, 2.24) is 15.3 Å². The van der Waals surface area contributed by atoms with E-state index in [1.54, 1.807) is 19.2 Å². The molecule has 4 saturated carbocycles. The molecule has 112 valence electrons. The van der Waals surface area contributed by atoms with Crippen LogP contribution in [-0.4, -0.2) is 27.0 Å². The Balaban J connectivity index is 1.58. The Morgan fingerprint density at radius 1 is 1.33 bits per heavy atom. The second-order valence-electron chi connectivity index (χ2n) is 7.55. The van der Waals surface area contributed by atoms with Crippen LogP contribution in [0.3, 0.4) is 0 Å². The lowest BCUT2D eigenvalue weighted by molar-refractivity contribution is -0.0321. The van der Waals surface area contributed by atoms with Crippen LogP contribution in [0.25, 0.3) is 0 Å². The molecule has 4 aliphatic rings. The van der Waals surface area contributed by atoms with Crippen LogP contribution in [0.1, 0.15) is 54.8 Å². The summed E-state index contributed by atoms with van der Waals surface area (Å²) in [5, 5.41) is 3.28. The third kappa shape index (κ3) is 2.24. The van der Waals surface area contributed by atoms with Crippen LogP contribution in [0, 0.1) is 18.8 Å². The van der Waals surface area contributed by atoms with Gasteiger partial charge in [-0.05, 0) is 63.4 Å². The summed E-state index contributed by atoms with van der Waals surface area (Å²) in [5.41, 5.74) is 6.87. The van der Waals surface area contributed by atoms with Gasteiger partial charge in [-0.15, -0.1) is 0 Å². The Labute approximate surface area is 124 Å². The first kappa shape index (κ1) is 13.2. The van der Waals surface area contributed by atoms with Crippen molar-refractivity contribution in [3.8, 4) is 0 Å². The number of nitrogens with zero attached hydrogens (tertiary/aromatic N) is 2. The first-order valence-corrected chi connectivity index (χ1v) is 7.86. The van der Waals surface area contributed by atoms with Gasteiger partial charge in [0.2, 0.25) is 0 Å². The van der Waals surface area contributed by atoms with E-state index in [1.165, 1.54) is 6.42 Å². The van der Waals surface area contributed by atoms with E-state index >= 15 is 0 Å². The molecule has 2 unspecified atom stereocenters. The van der Waals surface area contributed by atoms with Crippen molar-refractivity contribution in [3.05, 3.63) is 23.8 Å². The fourth-order valence-corrected chi connectivity index (χ4v) is 5.37. The number of rotatable bonds is 2. The molecule has 1 aromatic heterocycles. The molecule has 5 heteroatoms. The normalized spacial score (nSPS) is 40.3. The SMILES string of the molecule is Cc1nccc(C(=O)NC23CC4CC(CC(N)(C4)C2)C3)n1. The van der Waals surface area contributed by atoms with E-state index in [0.29, 0.717) is 23.4 Å². The fraction of sp³-hybridized carbons (Fsp3) is 0.688. The molecule has 0 spiro atoms. The number of carbonyl (C=O) groups excluding carboxylic acids is 1. The first-order chi connectivity index (χ1) is 9.95. The van der Waals surface area contributed by atoms with E-state index in [0.717, 1.165) is 32.1 Å². The number of nitrogens with one attached hydrogen (secondary N) is 1. The summed E-state index contributed by atoms with van der Waals surface area (Å²) in [6, 6.07) is 1.68. The lowest BCUT2D eigenvalue weighted by Crippen LogP contribution is -2.68. The van der Waals surface area contributed by atoms with Gasteiger partial charge in [-0.25, -0.2) is 9.97 Å². The molecular weight excluding hydrogens is 264 g/mol. The van der Waals surface area contributed by atoms with Crippen molar-refractivity contribution in [2.75, 3.05) is 0 Å². The highest BCUT2D eigenvalue weighted by Crippen LogP contribution is 2.56. The molecule has 21 heavy (non-hydrogen) atoms. The van der Waals surface area contributed by atoms with Crippen LogP contribution < -0.4 is 11.1 Å². The van der Waals surface area contributed by atoms with Crippen LogP contribution in [-0.2, 0) is 0 Å². The number of hydrogen-bond donors (Lipinski definition) is 2. The van der Waals surface area contributed by atoms with Gasteiger partial charge in [0, 0.05) is 17.3 Å². The molecule has 1 amide bonds. The summed E-state index contributed by atoms with van der Waals surface area (Å²) in [7, 11) is 0. The summed E-state index contributed by atoms with van der Waals surface area (Å²) < 4.78 is 0. The summed E-state index contributed by atoms with van der Waals surface area (Å²) in [6.45, 7) is 1.80.